The number of Topliss-reactive ketones (excluding diaryl/α,β-unsaturated/α-hetero) is 1. The zero-order valence-corrected chi connectivity index (χ0v) is 45.7. The Bertz CT molecular complexity index is 2710. The van der Waals surface area contributed by atoms with E-state index in [-0.39, 0.29) is 60.3 Å². The lowest BCUT2D eigenvalue weighted by Crippen LogP contribution is -2.74. The Balaban J connectivity index is 1.11. The van der Waals surface area contributed by atoms with Gasteiger partial charge in [0.1, 0.15) is 17.3 Å². The molecule has 0 radical (unpaired) electrons. The SMILES string of the molecule is CCC12C(=O)C34C5C[C@H](Cc6ccc(Cl)cc6)N(C)C3[C@@H](COC)NC4[C@@H](COC)N(Cc3ccc(Cl)cc3Oc3ccc(-c4cnc(CN(C)C)n4C)cc3)C1C[C@@H](Cc1ccccc1)C2N(C)[C@@H](C)CN5. The molecule has 73 heavy (non-hydrogen) atoms. The number of hydrogen-bond donors (Lipinski definition) is 2. The van der Waals surface area contributed by atoms with Gasteiger partial charge in [0.15, 0.2) is 5.78 Å². The van der Waals surface area contributed by atoms with E-state index in [1.54, 1.807) is 7.11 Å². The van der Waals surface area contributed by atoms with E-state index in [4.69, 9.17) is 42.4 Å². The summed E-state index contributed by atoms with van der Waals surface area (Å²) in [4.78, 5) is 32.3. The average molecular weight is 1030 g/mol. The van der Waals surface area contributed by atoms with Crippen molar-refractivity contribution in [1.29, 1.82) is 0 Å². The first-order valence-electron chi connectivity index (χ1n) is 26.5. The van der Waals surface area contributed by atoms with Crippen molar-refractivity contribution >= 4 is 29.0 Å². The predicted molar refractivity (Wildman–Crippen MR) is 291 cm³/mol. The van der Waals surface area contributed by atoms with Crippen molar-refractivity contribution in [2.75, 3.05) is 62.2 Å². The topological polar surface area (TPSA) is 99.6 Å². The van der Waals surface area contributed by atoms with Gasteiger partial charge in [-0.3, -0.25) is 19.5 Å². The minimum absolute atomic E-state index is 0.0401. The molecule has 7 unspecified atom stereocenters. The largest absolute Gasteiger partial charge is 0.457 e. The fourth-order valence-electron chi connectivity index (χ4n) is 14.9. The molecule has 4 saturated heterocycles. The molecule has 12 nitrogen and oxygen atoms in total. The summed E-state index contributed by atoms with van der Waals surface area (Å²) >= 11 is 13.3. The highest BCUT2D eigenvalue weighted by Gasteiger charge is 2.77. The summed E-state index contributed by atoms with van der Waals surface area (Å²) < 4.78 is 21.7. The van der Waals surface area contributed by atoms with Crippen molar-refractivity contribution in [2.45, 2.75) is 113 Å². The Morgan fingerprint density at radius 1 is 0.836 bits per heavy atom. The Kier molecular flexibility index (Phi) is 15.4. The third-order valence-electron chi connectivity index (χ3n) is 18.1. The molecule has 1 aliphatic carbocycles. The number of ketones is 1. The van der Waals surface area contributed by atoms with Crippen molar-refractivity contribution in [3.05, 3.63) is 136 Å². The maximum atomic E-state index is 17.6. The number of rotatable bonds is 16. The lowest BCUT2D eigenvalue weighted by Gasteiger charge is -2.57. The first-order chi connectivity index (χ1) is 35.2. The van der Waals surface area contributed by atoms with Crippen LogP contribution >= 0.6 is 23.2 Å². The average Bonchev–Trinajstić information content (AvgIpc) is 4.02. The van der Waals surface area contributed by atoms with Gasteiger partial charge in [0, 0.05) is 104 Å². The second-order valence-electron chi connectivity index (χ2n) is 22.2. The van der Waals surface area contributed by atoms with Crippen molar-refractivity contribution < 1.29 is 19.0 Å². The van der Waals surface area contributed by atoms with Crippen LogP contribution in [0.5, 0.6) is 11.5 Å². The van der Waals surface area contributed by atoms with E-state index in [9.17, 15) is 0 Å². The lowest BCUT2D eigenvalue weighted by atomic mass is 9.54. The smallest absolute Gasteiger partial charge is 0.153 e. The van der Waals surface area contributed by atoms with E-state index in [2.05, 4.69) is 145 Å². The summed E-state index contributed by atoms with van der Waals surface area (Å²) in [6.45, 7) is 7.60. The molecule has 4 aromatic carbocycles. The van der Waals surface area contributed by atoms with Crippen LogP contribution in [-0.2, 0) is 47.2 Å². The molecule has 2 bridgehead atoms. The molecular formula is C59H76Cl2N8O4. The minimum atomic E-state index is -0.854. The van der Waals surface area contributed by atoms with E-state index in [0.717, 1.165) is 66.4 Å². The molecule has 1 saturated carbocycles. The van der Waals surface area contributed by atoms with Crippen LogP contribution in [0, 0.1) is 16.7 Å². The third kappa shape index (κ3) is 9.29. The molecule has 5 aliphatic rings. The quantitative estimate of drug-likeness (QED) is 0.0995. The van der Waals surface area contributed by atoms with Gasteiger partial charge in [0.2, 0.25) is 0 Å². The van der Waals surface area contributed by atoms with Gasteiger partial charge in [0.25, 0.3) is 0 Å². The Morgan fingerprint density at radius 2 is 1.55 bits per heavy atom. The first-order valence-corrected chi connectivity index (χ1v) is 27.2. The fourth-order valence-corrected chi connectivity index (χ4v) is 15.2. The molecule has 1 aromatic heterocycles. The molecule has 5 aromatic rings. The summed E-state index contributed by atoms with van der Waals surface area (Å²) in [5, 5.41) is 9.81. The maximum Gasteiger partial charge on any atom is 0.153 e. The van der Waals surface area contributed by atoms with E-state index in [0.29, 0.717) is 48.5 Å². The molecule has 2 N–H and O–H groups in total. The lowest BCUT2D eigenvalue weighted by molar-refractivity contribution is -0.154. The van der Waals surface area contributed by atoms with E-state index < -0.39 is 10.8 Å². The number of carbonyl (C=O) groups excluding carboxylic acids is 1. The number of likely N-dealkylation sites (N-methyl/N-ethyl adjacent to an activating group) is 2. The highest BCUT2D eigenvalue weighted by molar-refractivity contribution is 6.31. The van der Waals surface area contributed by atoms with Crippen LogP contribution in [0.3, 0.4) is 0 Å². The van der Waals surface area contributed by atoms with Gasteiger partial charge in [0.05, 0.1) is 48.5 Å². The first kappa shape index (κ1) is 52.3. The van der Waals surface area contributed by atoms with Gasteiger partial charge in [-0.2, -0.15) is 0 Å². The van der Waals surface area contributed by atoms with Crippen molar-refractivity contribution in [1.82, 2.24) is 39.8 Å². The summed E-state index contributed by atoms with van der Waals surface area (Å²) in [7, 11) is 14.4. The number of hydrogen-bond acceptors (Lipinski definition) is 11. The molecule has 5 heterocycles. The Labute approximate surface area is 443 Å². The van der Waals surface area contributed by atoms with Crippen molar-refractivity contribution in [2.24, 2.45) is 23.8 Å². The fraction of sp³-hybridized carbons (Fsp3) is 0.525. The number of likely N-dealkylation sites (tertiary alicyclic amines) is 2. The number of ether oxygens (including phenoxy) is 3. The van der Waals surface area contributed by atoms with Crippen LogP contribution in [0.25, 0.3) is 11.3 Å². The van der Waals surface area contributed by atoms with Gasteiger partial charge in [-0.05, 0) is 133 Å². The van der Waals surface area contributed by atoms with Gasteiger partial charge in [-0.25, -0.2) is 4.98 Å². The second kappa shape index (κ2) is 21.4. The Hall–Kier alpha value is -4.18. The predicted octanol–water partition coefficient (Wildman–Crippen LogP) is 8.62. The van der Waals surface area contributed by atoms with Crippen LogP contribution < -0.4 is 15.4 Å². The number of halogens is 2. The van der Waals surface area contributed by atoms with E-state index >= 15 is 4.79 Å². The number of nitrogens with zero attached hydrogens (tertiary/aromatic N) is 6. The molecule has 5 fully saturated rings. The van der Waals surface area contributed by atoms with Crippen LogP contribution in [0.4, 0.5) is 0 Å². The van der Waals surface area contributed by atoms with Crippen LogP contribution in [0.2, 0.25) is 10.0 Å². The zero-order valence-electron chi connectivity index (χ0n) is 44.2. The van der Waals surface area contributed by atoms with Crippen LogP contribution in [0.15, 0.2) is 103 Å². The summed E-state index contributed by atoms with van der Waals surface area (Å²) in [6.07, 6.45) is 6.02. The normalized spacial score (nSPS) is 31.5. The number of carbonyl (C=O) groups is 1. The number of aromatic nitrogens is 2. The second-order valence-corrected chi connectivity index (χ2v) is 23.1. The van der Waals surface area contributed by atoms with Crippen molar-refractivity contribution in [3.8, 4) is 22.8 Å². The highest BCUT2D eigenvalue weighted by atomic mass is 35.5. The number of benzene rings is 4. The monoisotopic (exact) mass is 1030 g/mol. The maximum absolute atomic E-state index is 17.6. The van der Waals surface area contributed by atoms with Gasteiger partial charge in [-0.1, -0.05) is 78.7 Å². The van der Waals surface area contributed by atoms with Gasteiger partial charge in [-0.15, -0.1) is 0 Å². The summed E-state index contributed by atoms with van der Waals surface area (Å²) in [6, 6.07) is 32.7. The van der Waals surface area contributed by atoms with Crippen molar-refractivity contribution in [3.63, 3.8) is 0 Å². The van der Waals surface area contributed by atoms with Gasteiger partial charge >= 0.3 is 0 Å². The van der Waals surface area contributed by atoms with Crippen LogP contribution in [0.1, 0.15) is 55.6 Å². The van der Waals surface area contributed by atoms with Crippen LogP contribution in [-0.4, -0.2) is 151 Å². The van der Waals surface area contributed by atoms with E-state index in [1.165, 1.54) is 11.1 Å². The summed E-state index contributed by atoms with van der Waals surface area (Å²) in [5.74, 6) is 2.99. The highest BCUT2D eigenvalue weighted by Crippen LogP contribution is 2.63. The van der Waals surface area contributed by atoms with E-state index in [1.807, 2.05) is 49.7 Å². The molecule has 1 spiro atoms. The molecule has 4 aliphatic heterocycles. The van der Waals surface area contributed by atoms with Gasteiger partial charge < -0.3 is 34.3 Å². The summed E-state index contributed by atoms with van der Waals surface area (Å²) in [5.41, 5.74) is 4.02. The Morgan fingerprint density at radius 3 is 2.25 bits per heavy atom. The number of imidazole rings is 1. The standard InChI is InChI=1S/C59H76Cl2N8O4/c1-10-58-52-28-42(26-38-14-12-11-13-15-38)55(58)66(5)37(2)31-62-51-30-45(27-39-16-21-43(60)22-17-39)67(6)56-47(35-71-8)64-54(59(51,56)57(58)70)49(36-72-9)69(52)33-41-18-23-44(61)29-50(41)73-46-24-19-40(20-25-46)48-32-63-53(68(48)7)34-65(3)4/h11-25,29,32,37,42,45,47,49,51-52,54-56,62,64H,10,26-28,30-31,33-36H2,1-9H3/t37-,42+,45-,47+,49+,51?,52?,54?,55?,56?,58?,59?/m0/s1. The minimum Gasteiger partial charge on any atom is -0.457 e. The number of nitrogens with one attached hydrogen (secondary N) is 2. The molecule has 0 amide bonds. The molecule has 10 rings (SSSR count). The third-order valence-corrected chi connectivity index (χ3v) is 18.6. The molecular weight excluding hydrogens is 956 g/mol. The zero-order chi connectivity index (χ0) is 51.3. The molecule has 12 atom stereocenters. The molecule has 390 valence electrons. The number of methoxy groups -OCH3 is 2. The molecule has 14 heteroatoms. The number of piperidine rings is 1.